The molecule has 3 amide bonds. The summed E-state index contributed by atoms with van der Waals surface area (Å²) in [7, 11) is 1.65. The lowest BCUT2D eigenvalue weighted by Crippen LogP contribution is -2.55. The summed E-state index contributed by atoms with van der Waals surface area (Å²) in [5, 5.41) is 14.5. The first-order valence-electron chi connectivity index (χ1n) is 7.60. The van der Waals surface area contributed by atoms with Crippen molar-refractivity contribution in [2.45, 2.75) is 37.3 Å². The molecule has 0 aromatic rings. The van der Waals surface area contributed by atoms with Crippen molar-refractivity contribution < 1.29 is 19.5 Å². The smallest absolute Gasteiger partial charge is 0.317 e. The molecular formula is C15H23N3O4. The summed E-state index contributed by atoms with van der Waals surface area (Å²) in [5.74, 6) is -0.543. The minimum absolute atomic E-state index is 0.00499. The number of aliphatic hydroxyl groups excluding tert-OH is 1. The fourth-order valence-corrected chi connectivity index (χ4v) is 2.60. The number of aliphatic hydroxyl groups is 1. The van der Waals surface area contributed by atoms with E-state index in [-0.39, 0.29) is 5.92 Å². The van der Waals surface area contributed by atoms with E-state index in [1.807, 2.05) is 12.2 Å². The molecule has 1 aliphatic carbocycles. The molecule has 1 aliphatic heterocycles. The molecule has 1 saturated carbocycles. The fourth-order valence-electron chi connectivity index (χ4n) is 2.60. The van der Waals surface area contributed by atoms with E-state index in [2.05, 4.69) is 10.6 Å². The Labute approximate surface area is 129 Å². The molecule has 1 fully saturated rings. The molecule has 1 heterocycles. The Morgan fingerprint density at radius 2 is 2.23 bits per heavy atom. The van der Waals surface area contributed by atoms with E-state index in [9.17, 15) is 19.5 Å². The molecule has 7 heteroatoms. The highest BCUT2D eigenvalue weighted by Gasteiger charge is 2.54. The van der Waals surface area contributed by atoms with Crippen LogP contribution in [0.2, 0.25) is 0 Å². The average Bonchev–Trinajstić information content (AvgIpc) is 3.20. The highest BCUT2D eigenvalue weighted by molar-refractivity contribution is 5.91. The van der Waals surface area contributed by atoms with Crippen LogP contribution in [0.15, 0.2) is 12.2 Å². The molecule has 3 atom stereocenters. The summed E-state index contributed by atoms with van der Waals surface area (Å²) in [6, 6.07) is -1.46. The number of nitrogens with zero attached hydrogens (tertiary/aromatic N) is 1. The van der Waals surface area contributed by atoms with E-state index in [4.69, 9.17) is 0 Å². The second kappa shape index (κ2) is 6.91. The Kier molecular flexibility index (Phi) is 5.18. The normalized spacial score (nSPS) is 34.7. The quantitative estimate of drug-likeness (QED) is 0.486. The minimum Gasteiger partial charge on any atom is -0.394 e. The molecule has 2 rings (SSSR count). The van der Waals surface area contributed by atoms with Gasteiger partial charge in [0.2, 0.25) is 5.91 Å². The van der Waals surface area contributed by atoms with Gasteiger partial charge in [-0.25, -0.2) is 4.79 Å². The first-order valence-corrected chi connectivity index (χ1v) is 7.60. The summed E-state index contributed by atoms with van der Waals surface area (Å²) >= 11 is 0. The van der Waals surface area contributed by atoms with Gasteiger partial charge in [-0.3, -0.25) is 4.79 Å². The minimum atomic E-state index is -1.06. The Morgan fingerprint density at radius 3 is 2.91 bits per heavy atom. The molecule has 0 radical (unpaired) electrons. The van der Waals surface area contributed by atoms with Gasteiger partial charge in [0.25, 0.3) is 0 Å². The molecule has 0 bridgehead atoms. The number of hydrogen-bond acceptors (Lipinski definition) is 4. The maximum absolute atomic E-state index is 12.2. The Bertz CT molecular complexity index is 479. The highest BCUT2D eigenvalue weighted by atomic mass is 16.3. The van der Waals surface area contributed by atoms with Gasteiger partial charge in [-0.1, -0.05) is 12.2 Å². The van der Waals surface area contributed by atoms with Gasteiger partial charge in [0, 0.05) is 19.5 Å². The van der Waals surface area contributed by atoms with Crippen LogP contribution >= 0.6 is 0 Å². The van der Waals surface area contributed by atoms with Crippen LogP contribution < -0.4 is 10.6 Å². The number of urea groups is 1. The lowest BCUT2D eigenvalue weighted by atomic mass is 10.1. The maximum Gasteiger partial charge on any atom is 0.317 e. The van der Waals surface area contributed by atoms with Crippen LogP contribution in [0, 0.1) is 5.92 Å². The average molecular weight is 309 g/mol. The van der Waals surface area contributed by atoms with Gasteiger partial charge < -0.3 is 25.4 Å². The summed E-state index contributed by atoms with van der Waals surface area (Å²) < 4.78 is 0. The zero-order chi connectivity index (χ0) is 16.2. The van der Waals surface area contributed by atoms with Crippen molar-refractivity contribution in [1.29, 1.82) is 0 Å². The fraction of sp³-hybridized carbons (Fsp3) is 0.667. The van der Waals surface area contributed by atoms with E-state index in [0.717, 1.165) is 25.5 Å². The monoisotopic (exact) mass is 309 g/mol. The van der Waals surface area contributed by atoms with Gasteiger partial charge in [-0.05, 0) is 25.7 Å². The Hall–Kier alpha value is -1.89. The number of rotatable bonds is 2. The lowest BCUT2D eigenvalue weighted by molar-refractivity contribution is -0.127. The van der Waals surface area contributed by atoms with Gasteiger partial charge in [0.15, 0.2) is 0 Å². The molecule has 7 nitrogen and oxygen atoms in total. The standard InChI is InChI=1S/C15H23N3O4/c1-18-7-5-3-2-4-6-11-8-15(11,10-20)17-13(21)12(9-19)16-14(18)22/h4,6,10-12,19H,2-3,5,7-9H2,1H3,(H,16,22)(H,17,21)/b6-4-/t11-,12+,15+/m1/s1. The molecule has 22 heavy (non-hydrogen) atoms. The molecule has 0 saturated heterocycles. The number of fused-ring (bicyclic) bond motifs is 1. The largest absolute Gasteiger partial charge is 0.394 e. The van der Waals surface area contributed by atoms with Gasteiger partial charge in [-0.15, -0.1) is 0 Å². The van der Waals surface area contributed by atoms with Crippen molar-refractivity contribution in [2.24, 2.45) is 5.92 Å². The highest BCUT2D eigenvalue weighted by Crippen LogP contribution is 2.43. The van der Waals surface area contributed by atoms with Crippen LogP contribution in [-0.2, 0) is 9.59 Å². The zero-order valence-electron chi connectivity index (χ0n) is 12.7. The van der Waals surface area contributed by atoms with Crippen LogP contribution in [-0.4, -0.2) is 60.0 Å². The summed E-state index contributed by atoms with van der Waals surface area (Å²) in [4.78, 5) is 37.0. The van der Waals surface area contributed by atoms with Gasteiger partial charge in [0.1, 0.15) is 17.9 Å². The summed E-state index contributed by atoms with van der Waals surface area (Å²) in [6.45, 7) is 0.0714. The summed E-state index contributed by atoms with van der Waals surface area (Å²) in [6.07, 6.45) is 7.99. The number of aldehydes is 1. The van der Waals surface area contributed by atoms with Crippen molar-refractivity contribution in [2.75, 3.05) is 20.2 Å². The first kappa shape index (κ1) is 16.5. The van der Waals surface area contributed by atoms with Crippen LogP contribution in [0.3, 0.4) is 0 Å². The van der Waals surface area contributed by atoms with Crippen LogP contribution in [0.4, 0.5) is 4.79 Å². The van der Waals surface area contributed by atoms with Crippen LogP contribution in [0.1, 0.15) is 25.7 Å². The predicted molar refractivity (Wildman–Crippen MR) is 80.1 cm³/mol. The van der Waals surface area contributed by atoms with Crippen molar-refractivity contribution >= 4 is 18.2 Å². The first-order chi connectivity index (χ1) is 10.5. The lowest BCUT2D eigenvalue weighted by Gasteiger charge is -2.23. The van der Waals surface area contributed by atoms with Crippen molar-refractivity contribution in [1.82, 2.24) is 15.5 Å². The van der Waals surface area contributed by atoms with Crippen molar-refractivity contribution in [3.05, 3.63) is 12.2 Å². The molecule has 0 unspecified atom stereocenters. The second-order valence-corrected chi connectivity index (χ2v) is 5.99. The van der Waals surface area contributed by atoms with Crippen LogP contribution in [0.5, 0.6) is 0 Å². The topological polar surface area (TPSA) is 98.7 Å². The van der Waals surface area contributed by atoms with Crippen molar-refractivity contribution in [3.8, 4) is 0 Å². The molecule has 2 aliphatic rings. The van der Waals surface area contributed by atoms with Gasteiger partial charge >= 0.3 is 6.03 Å². The molecule has 0 aromatic carbocycles. The molecule has 3 N–H and O–H groups in total. The number of carbonyl (C=O) groups excluding carboxylic acids is 3. The van der Waals surface area contributed by atoms with Gasteiger partial charge in [0.05, 0.1) is 6.61 Å². The molecule has 0 aromatic heterocycles. The third-order valence-corrected chi connectivity index (χ3v) is 4.25. The molecule has 122 valence electrons. The van der Waals surface area contributed by atoms with E-state index in [1.54, 1.807) is 7.05 Å². The maximum atomic E-state index is 12.2. The molecular weight excluding hydrogens is 286 g/mol. The van der Waals surface area contributed by atoms with E-state index >= 15 is 0 Å². The number of allylic oxidation sites excluding steroid dienone is 1. The Balaban J connectivity index is 2.12. The van der Waals surface area contributed by atoms with E-state index in [1.165, 1.54) is 4.90 Å². The van der Waals surface area contributed by atoms with E-state index < -0.39 is 30.1 Å². The zero-order valence-corrected chi connectivity index (χ0v) is 12.7. The third-order valence-electron chi connectivity index (χ3n) is 4.25. The summed E-state index contributed by atoms with van der Waals surface area (Å²) in [5.41, 5.74) is -0.887. The number of hydrogen-bond donors (Lipinski definition) is 3. The van der Waals surface area contributed by atoms with Crippen LogP contribution in [0.25, 0.3) is 0 Å². The number of amides is 3. The third kappa shape index (κ3) is 3.65. The van der Waals surface area contributed by atoms with Crippen molar-refractivity contribution in [3.63, 3.8) is 0 Å². The predicted octanol–water partition coefficient (Wildman–Crippen LogP) is -0.197. The van der Waals surface area contributed by atoms with Gasteiger partial charge in [-0.2, -0.15) is 0 Å². The number of carbonyl (C=O) groups is 3. The molecule has 0 spiro atoms. The van der Waals surface area contributed by atoms with E-state index in [0.29, 0.717) is 13.0 Å². The second-order valence-electron chi connectivity index (χ2n) is 5.99. The SMILES string of the molecule is CN1CCCC/C=C\[C@@H]2C[C@@]2(C=O)NC(=O)[C@H](CO)NC1=O. The number of nitrogens with one attached hydrogen (secondary N) is 2. The Morgan fingerprint density at radius 1 is 1.45 bits per heavy atom.